The molecule has 0 aliphatic carbocycles. The first-order chi connectivity index (χ1) is 15.1. The Labute approximate surface area is 209 Å². The number of carbonyl (C=O) groups excluding carboxylic acids is 4. The Hall–Kier alpha value is -2.59. The molecule has 0 saturated carbocycles. The van der Waals surface area contributed by atoms with Crippen molar-refractivity contribution >= 4 is 86.4 Å². The van der Waals surface area contributed by atoms with E-state index in [1.165, 1.54) is 6.07 Å². The molecule has 12 heteroatoms. The Bertz CT molecular complexity index is 1190. The molecule has 2 aromatic carbocycles. The fourth-order valence-electron chi connectivity index (χ4n) is 3.93. The zero-order chi connectivity index (χ0) is 23.2. The van der Waals surface area contributed by atoms with E-state index in [4.69, 9.17) is 0 Å². The number of rotatable bonds is 5. The molecule has 2 aliphatic heterocycles. The Morgan fingerprint density at radius 3 is 2.25 bits per heavy atom. The number of carbonyl (C=O) groups is 5. The van der Waals surface area contributed by atoms with Crippen molar-refractivity contribution in [2.75, 3.05) is 18.0 Å². The van der Waals surface area contributed by atoms with Gasteiger partial charge in [-0.1, -0.05) is 12.1 Å². The lowest BCUT2D eigenvalue weighted by molar-refractivity contribution is -0.151. The minimum absolute atomic E-state index is 0.181. The number of carboxylic acids is 1. The molecule has 32 heavy (non-hydrogen) atoms. The van der Waals surface area contributed by atoms with Gasteiger partial charge in [-0.05, 0) is 75.5 Å². The molecule has 6 amide bonds. The number of imide groups is 2. The minimum Gasteiger partial charge on any atom is -0.475 e. The van der Waals surface area contributed by atoms with Crippen LogP contribution in [0.2, 0.25) is 0 Å². The number of benzene rings is 2. The normalized spacial score (nSPS) is 21.8. The molecular formula is C20H15I2N4O6+. The first-order valence-electron chi connectivity index (χ1n) is 9.25. The van der Waals surface area contributed by atoms with Gasteiger partial charge in [-0.2, -0.15) is 9.38 Å². The van der Waals surface area contributed by atoms with E-state index in [9.17, 15) is 29.1 Å². The van der Waals surface area contributed by atoms with Crippen LogP contribution in [0.3, 0.4) is 0 Å². The number of aliphatic carboxylic acids is 1. The number of hydrogen-bond donors (Lipinski definition) is 2. The van der Waals surface area contributed by atoms with Crippen LogP contribution in [0.25, 0.3) is 0 Å². The monoisotopic (exact) mass is 661 g/mol. The van der Waals surface area contributed by atoms with Crippen molar-refractivity contribution in [3.8, 4) is 0 Å². The molecule has 0 radical (unpaired) electrons. The third-order valence-electron chi connectivity index (χ3n) is 5.27. The summed E-state index contributed by atoms with van der Waals surface area (Å²) in [6.45, 7) is -0.944. The summed E-state index contributed by atoms with van der Waals surface area (Å²) in [5.41, 5.74) is 0.602. The number of carboxylic acid groups (broad SMARTS) is 1. The van der Waals surface area contributed by atoms with Gasteiger partial charge in [-0.15, -0.1) is 0 Å². The molecule has 2 atom stereocenters. The second kappa shape index (κ2) is 8.40. The number of anilines is 1. The topological polar surface area (TPSA) is 124 Å². The first kappa shape index (κ1) is 22.6. The van der Waals surface area contributed by atoms with Crippen molar-refractivity contribution in [3.63, 3.8) is 0 Å². The van der Waals surface area contributed by atoms with Gasteiger partial charge in [0.2, 0.25) is 0 Å². The van der Waals surface area contributed by atoms with Gasteiger partial charge in [0.25, 0.3) is 18.0 Å². The van der Waals surface area contributed by atoms with Crippen LogP contribution in [0.4, 0.5) is 21.0 Å². The van der Waals surface area contributed by atoms with Gasteiger partial charge in [-0.3, -0.25) is 14.5 Å². The van der Waals surface area contributed by atoms with Gasteiger partial charge in [0.1, 0.15) is 12.2 Å². The number of nitrogens with zero attached hydrogens (tertiary/aromatic N) is 3. The lowest BCUT2D eigenvalue weighted by atomic mass is 10.2. The standard InChI is InChI=1S/C20H14I2N4O6/c21-11-3-1-5-13(7-11)24-9-16(28)25(20(24)32)17(18(29)30)26(10-15(27)23-19(26)31)14-6-2-4-12(22)8-14/h1-8,17H,9-10H2,(H-,23,27,29,30,31)/p+1. The molecule has 0 aromatic heterocycles. The van der Waals surface area contributed by atoms with Gasteiger partial charge in [0.05, 0.1) is 0 Å². The molecule has 164 valence electrons. The van der Waals surface area contributed by atoms with E-state index in [0.29, 0.717) is 14.2 Å². The molecule has 2 fully saturated rings. The first-order valence-corrected chi connectivity index (χ1v) is 11.4. The highest BCUT2D eigenvalue weighted by atomic mass is 127. The van der Waals surface area contributed by atoms with E-state index >= 15 is 0 Å². The minimum atomic E-state index is -1.97. The number of nitrogens with one attached hydrogen (secondary N) is 1. The molecule has 2 N–H and O–H groups in total. The second-order valence-electron chi connectivity index (χ2n) is 7.18. The van der Waals surface area contributed by atoms with Crippen molar-refractivity contribution < 1.29 is 29.1 Å². The molecule has 2 heterocycles. The SMILES string of the molecule is O=C1C[N+](c2cccc(I)c2)(C(C(=O)O)N2C(=O)CN(c3cccc(I)c3)C2=O)C(=O)N1. The fraction of sp³-hybridized carbons (Fsp3) is 0.150. The van der Waals surface area contributed by atoms with Gasteiger partial charge < -0.3 is 5.11 Å². The van der Waals surface area contributed by atoms with Crippen LogP contribution in [0, 0.1) is 7.14 Å². The summed E-state index contributed by atoms with van der Waals surface area (Å²) in [5, 5.41) is 12.3. The molecule has 2 saturated heterocycles. The quantitative estimate of drug-likeness (QED) is 0.288. The highest BCUT2D eigenvalue weighted by Gasteiger charge is 2.63. The van der Waals surface area contributed by atoms with Crippen LogP contribution >= 0.6 is 45.2 Å². The maximum atomic E-state index is 13.3. The Kier molecular flexibility index (Phi) is 5.93. The number of halogens is 2. The number of quaternary nitrogens is 1. The largest absolute Gasteiger partial charge is 0.475 e. The average Bonchev–Trinajstić information content (AvgIpc) is 3.18. The van der Waals surface area contributed by atoms with Crippen molar-refractivity contribution in [1.82, 2.24) is 14.7 Å². The van der Waals surface area contributed by atoms with Crippen LogP contribution < -0.4 is 14.7 Å². The third-order valence-corrected chi connectivity index (χ3v) is 6.61. The fourth-order valence-corrected chi connectivity index (χ4v) is 4.98. The van der Waals surface area contributed by atoms with E-state index in [1.807, 2.05) is 28.7 Å². The smallest absolute Gasteiger partial charge is 0.431 e. The van der Waals surface area contributed by atoms with E-state index in [1.54, 1.807) is 36.4 Å². The van der Waals surface area contributed by atoms with Crippen LogP contribution in [0.1, 0.15) is 0 Å². The highest BCUT2D eigenvalue weighted by molar-refractivity contribution is 14.1. The zero-order valence-electron chi connectivity index (χ0n) is 16.2. The van der Waals surface area contributed by atoms with Gasteiger partial charge in [0.15, 0.2) is 6.54 Å². The van der Waals surface area contributed by atoms with E-state index in [0.717, 1.165) is 8.47 Å². The summed E-state index contributed by atoms with van der Waals surface area (Å²) in [5.74, 6) is -3.06. The average molecular weight is 661 g/mol. The highest BCUT2D eigenvalue weighted by Crippen LogP contribution is 2.35. The van der Waals surface area contributed by atoms with Crippen LogP contribution in [-0.2, 0) is 14.4 Å². The predicted octanol–water partition coefficient (Wildman–Crippen LogP) is 2.33. The molecule has 2 aromatic rings. The summed E-state index contributed by atoms with van der Waals surface area (Å²) in [6.07, 6.45) is -1.97. The maximum Gasteiger partial charge on any atom is 0.431 e. The number of urea groups is 2. The van der Waals surface area contributed by atoms with Gasteiger partial charge >= 0.3 is 18.0 Å². The van der Waals surface area contributed by atoms with Crippen molar-refractivity contribution in [2.24, 2.45) is 0 Å². The van der Waals surface area contributed by atoms with E-state index < -0.39 is 47.0 Å². The Morgan fingerprint density at radius 1 is 1.03 bits per heavy atom. The van der Waals surface area contributed by atoms with Crippen LogP contribution in [0.5, 0.6) is 0 Å². The van der Waals surface area contributed by atoms with Gasteiger partial charge in [-0.25, -0.2) is 19.7 Å². The Balaban J connectivity index is 1.85. The lowest BCUT2D eigenvalue weighted by Crippen LogP contribution is -2.69. The van der Waals surface area contributed by atoms with Crippen molar-refractivity contribution in [2.45, 2.75) is 6.17 Å². The van der Waals surface area contributed by atoms with E-state index in [-0.39, 0.29) is 12.2 Å². The molecule has 2 aliphatic rings. The van der Waals surface area contributed by atoms with Crippen molar-refractivity contribution in [3.05, 3.63) is 55.7 Å². The van der Waals surface area contributed by atoms with Crippen LogP contribution in [-0.4, -0.2) is 59.1 Å². The summed E-state index contributed by atoms with van der Waals surface area (Å²) >= 11 is 4.05. The molecule has 0 bridgehead atoms. The van der Waals surface area contributed by atoms with Crippen LogP contribution in [0.15, 0.2) is 48.5 Å². The van der Waals surface area contributed by atoms with Gasteiger partial charge in [0, 0.05) is 18.9 Å². The number of amides is 6. The molecular weight excluding hydrogens is 646 g/mol. The zero-order valence-corrected chi connectivity index (χ0v) is 20.5. The molecule has 4 rings (SSSR count). The van der Waals surface area contributed by atoms with E-state index in [2.05, 4.69) is 27.9 Å². The summed E-state index contributed by atoms with van der Waals surface area (Å²) in [6, 6.07) is 11.4. The molecule has 2 unspecified atom stereocenters. The van der Waals surface area contributed by atoms with Crippen molar-refractivity contribution in [1.29, 1.82) is 0 Å². The molecule has 10 nitrogen and oxygen atoms in total. The lowest BCUT2D eigenvalue weighted by Gasteiger charge is -2.37. The third kappa shape index (κ3) is 3.65. The Morgan fingerprint density at radius 2 is 1.69 bits per heavy atom. The summed E-state index contributed by atoms with van der Waals surface area (Å²) in [4.78, 5) is 65.7. The number of hydrogen-bond acceptors (Lipinski definition) is 5. The predicted molar refractivity (Wildman–Crippen MR) is 130 cm³/mol. The summed E-state index contributed by atoms with van der Waals surface area (Å²) < 4.78 is 0.455. The summed E-state index contributed by atoms with van der Waals surface area (Å²) in [7, 11) is 0. The molecule has 0 spiro atoms. The maximum absolute atomic E-state index is 13.3. The second-order valence-corrected chi connectivity index (χ2v) is 9.68.